The van der Waals surface area contributed by atoms with Crippen LogP contribution in [0.4, 0.5) is 13.2 Å². The first-order valence-electron chi connectivity index (χ1n) is 11.7. The number of halogens is 4. The topological polar surface area (TPSA) is 90.3 Å². The molecule has 1 saturated carbocycles. The van der Waals surface area contributed by atoms with E-state index >= 15 is 0 Å². The van der Waals surface area contributed by atoms with Crippen LogP contribution in [-0.4, -0.2) is 43.9 Å². The Morgan fingerprint density at radius 3 is 2.44 bits per heavy atom. The molecule has 0 bridgehead atoms. The van der Waals surface area contributed by atoms with Gasteiger partial charge >= 0.3 is 17.7 Å². The smallest absolute Gasteiger partial charge is 0.389 e. The van der Waals surface area contributed by atoms with E-state index in [1.54, 1.807) is 22.9 Å². The molecular formula is C24H31ClF3N3O4S. The summed E-state index contributed by atoms with van der Waals surface area (Å²) in [5, 5.41) is 7.59. The van der Waals surface area contributed by atoms with Crippen LogP contribution in [0.5, 0.6) is 5.75 Å². The Kier molecular flexibility index (Phi) is 11.4. The molecule has 1 aromatic carbocycles. The molecule has 200 valence electrons. The lowest BCUT2D eigenvalue weighted by Crippen LogP contribution is -2.31. The van der Waals surface area contributed by atoms with Gasteiger partial charge in [-0.25, -0.2) is 0 Å². The summed E-state index contributed by atoms with van der Waals surface area (Å²) < 4.78 is 61.4. The van der Waals surface area contributed by atoms with Gasteiger partial charge in [-0.15, -0.1) is 0 Å². The van der Waals surface area contributed by atoms with Crippen LogP contribution in [0.15, 0.2) is 18.2 Å². The number of methoxy groups -OCH3 is 1. The highest BCUT2D eigenvalue weighted by molar-refractivity contribution is 7.51. The van der Waals surface area contributed by atoms with Crippen LogP contribution in [0.2, 0.25) is 5.02 Å². The van der Waals surface area contributed by atoms with Gasteiger partial charge in [-0.05, 0) is 55.7 Å². The van der Waals surface area contributed by atoms with Crippen molar-refractivity contribution in [2.45, 2.75) is 65.1 Å². The molecule has 3 rings (SSSR count). The normalized spacial score (nSPS) is 17.6. The third kappa shape index (κ3) is 8.33. The minimum absolute atomic E-state index is 0.140. The molecule has 1 heterocycles. The summed E-state index contributed by atoms with van der Waals surface area (Å²) in [5.74, 6) is 1.26. The Morgan fingerprint density at radius 2 is 1.89 bits per heavy atom. The zero-order valence-corrected chi connectivity index (χ0v) is 22.1. The molecule has 0 unspecified atom stereocenters. The minimum Gasteiger partial charge on any atom is -0.496 e. The average Bonchev–Trinajstić information content (AvgIpc) is 3.18. The number of hydrogen-bond donors (Lipinski definition) is 1. The molecule has 1 aromatic heterocycles. The highest BCUT2D eigenvalue weighted by Gasteiger charge is 2.28. The second-order valence-corrected chi connectivity index (χ2v) is 9.39. The first-order chi connectivity index (χ1) is 17.0. The van der Waals surface area contributed by atoms with E-state index in [1.807, 2.05) is 6.92 Å². The molecule has 1 amide bonds. The van der Waals surface area contributed by atoms with E-state index in [4.69, 9.17) is 24.8 Å². The van der Waals surface area contributed by atoms with Gasteiger partial charge in [0.1, 0.15) is 5.75 Å². The lowest BCUT2D eigenvalue weighted by atomic mass is 9.83. The molecule has 1 aliphatic carbocycles. The molecule has 0 atom stereocenters. The van der Waals surface area contributed by atoms with Crippen molar-refractivity contribution in [3.8, 4) is 17.0 Å². The first-order valence-corrected chi connectivity index (χ1v) is 12.8. The maximum atomic E-state index is 12.9. The van der Waals surface area contributed by atoms with Crippen molar-refractivity contribution in [3.05, 3.63) is 34.5 Å². The Hall–Kier alpha value is -2.40. The summed E-state index contributed by atoms with van der Waals surface area (Å²) in [4.78, 5) is 12.9. The number of alkyl halides is 3. The lowest BCUT2D eigenvalue weighted by molar-refractivity contribution is -0.134. The summed E-state index contributed by atoms with van der Waals surface area (Å²) in [6.07, 6.45) is -0.733. The largest absolute Gasteiger partial charge is 0.496 e. The molecule has 0 radical (unpaired) electrons. The second kappa shape index (κ2) is 13.8. The van der Waals surface area contributed by atoms with E-state index in [2.05, 4.69) is 17.3 Å². The van der Waals surface area contributed by atoms with E-state index in [9.17, 15) is 18.0 Å². The number of nitrogens with zero attached hydrogens (tertiary/aromatic N) is 2. The number of benzene rings is 1. The Bertz CT molecular complexity index is 1060. The fourth-order valence-corrected chi connectivity index (χ4v) is 4.62. The van der Waals surface area contributed by atoms with Gasteiger partial charge in [0.15, 0.2) is 5.69 Å². The summed E-state index contributed by atoms with van der Waals surface area (Å²) in [6.45, 7) is 5.18. The zero-order chi connectivity index (χ0) is 26.9. The predicted molar refractivity (Wildman–Crippen MR) is 132 cm³/mol. The number of hydrogen-bond acceptors (Lipinski definition) is 5. The summed E-state index contributed by atoms with van der Waals surface area (Å²) >= 11 is 5.87. The van der Waals surface area contributed by atoms with Gasteiger partial charge in [0.25, 0.3) is 5.91 Å². The van der Waals surface area contributed by atoms with Crippen LogP contribution in [0, 0.1) is 11.8 Å². The van der Waals surface area contributed by atoms with Crippen LogP contribution >= 0.6 is 11.6 Å². The van der Waals surface area contributed by atoms with E-state index < -0.39 is 24.2 Å². The van der Waals surface area contributed by atoms with Gasteiger partial charge in [0, 0.05) is 25.1 Å². The van der Waals surface area contributed by atoms with E-state index in [-0.39, 0.29) is 23.0 Å². The Balaban J connectivity index is 0.00000145. The summed E-state index contributed by atoms with van der Waals surface area (Å²) in [5.41, 5.74) is 1.73. The molecule has 1 fully saturated rings. The molecule has 36 heavy (non-hydrogen) atoms. The van der Waals surface area contributed by atoms with Crippen molar-refractivity contribution in [2.24, 2.45) is 11.8 Å². The fraction of sp³-hybridized carbons (Fsp3) is 0.583. The first kappa shape index (κ1) is 29.8. The number of ether oxygens (including phenoxy) is 1. The van der Waals surface area contributed by atoms with E-state index in [0.717, 1.165) is 18.8 Å². The molecule has 2 aromatic rings. The van der Waals surface area contributed by atoms with Crippen molar-refractivity contribution in [3.63, 3.8) is 0 Å². The third-order valence-corrected chi connectivity index (χ3v) is 6.67. The number of aromatic nitrogens is 2. The zero-order valence-electron chi connectivity index (χ0n) is 20.5. The number of nitrogens with one attached hydrogen (secondary N) is 1. The number of aryl methyl sites for hydroxylation is 2. The molecular weight excluding hydrogens is 519 g/mol. The van der Waals surface area contributed by atoms with Gasteiger partial charge in [-0.3, -0.25) is 9.48 Å². The van der Waals surface area contributed by atoms with Crippen molar-refractivity contribution in [1.29, 1.82) is 0 Å². The van der Waals surface area contributed by atoms with Crippen molar-refractivity contribution >= 4 is 29.1 Å². The number of carbonyl (C=O) groups excluding carboxylic acids is 1. The van der Waals surface area contributed by atoms with Gasteiger partial charge in [-0.1, -0.05) is 37.4 Å². The molecule has 12 heteroatoms. The lowest BCUT2D eigenvalue weighted by Gasteiger charge is -2.26. The van der Waals surface area contributed by atoms with Crippen molar-refractivity contribution in [2.75, 3.05) is 13.7 Å². The highest BCUT2D eigenvalue weighted by Crippen LogP contribution is 2.38. The second-order valence-electron chi connectivity index (χ2n) is 8.88. The van der Waals surface area contributed by atoms with Gasteiger partial charge in [0.05, 0.1) is 17.8 Å². The Morgan fingerprint density at radius 1 is 1.25 bits per heavy atom. The van der Waals surface area contributed by atoms with E-state index in [1.165, 1.54) is 20.0 Å². The highest BCUT2D eigenvalue weighted by atomic mass is 35.5. The summed E-state index contributed by atoms with van der Waals surface area (Å²) in [7, 11) is 1.45. The predicted octanol–water partition coefficient (Wildman–Crippen LogP) is 5.61. The molecule has 1 N–H and O–H groups in total. The van der Waals surface area contributed by atoms with Crippen LogP contribution < -0.4 is 10.1 Å². The van der Waals surface area contributed by atoms with Gasteiger partial charge in [-0.2, -0.15) is 26.7 Å². The number of amides is 1. The number of carbonyl (C=O) groups is 1. The van der Waals surface area contributed by atoms with Crippen LogP contribution in [0.25, 0.3) is 11.3 Å². The van der Waals surface area contributed by atoms with Gasteiger partial charge < -0.3 is 10.1 Å². The summed E-state index contributed by atoms with van der Waals surface area (Å²) in [6, 6.07) is 4.87. The Labute approximate surface area is 217 Å². The van der Waals surface area contributed by atoms with Crippen molar-refractivity contribution < 1.29 is 31.1 Å². The minimum atomic E-state index is -4.23. The van der Waals surface area contributed by atoms with Crippen molar-refractivity contribution in [1.82, 2.24) is 15.1 Å². The number of rotatable bonds is 8. The molecule has 0 aliphatic heterocycles. The third-order valence-electron chi connectivity index (χ3n) is 6.31. The van der Waals surface area contributed by atoms with E-state index in [0.29, 0.717) is 41.6 Å². The standard InChI is InChI=1S/C24H31ClF3N3O2.O2S/c1-4-31-22(18-10-9-16(13-19(18)33-3)11-12-24(26,27)28)20(25)21(30-31)23(32)29-14-17-7-5-15(2)6-8-17;1-3-2/h9-10,13,15,17H,4-8,11-12,14H2,1-3H3,(H,29,32);. The van der Waals surface area contributed by atoms with Gasteiger partial charge in [0.2, 0.25) is 0 Å². The fourth-order valence-electron chi connectivity index (χ4n) is 4.30. The van der Waals surface area contributed by atoms with Crippen LogP contribution in [-0.2, 0) is 24.5 Å². The SMILES string of the molecule is CCn1nc(C(=O)NCC2CCC(C)CC2)c(Cl)c1-c1ccc(CCC(F)(F)F)cc1OC.O=S=O. The molecule has 0 saturated heterocycles. The maximum Gasteiger partial charge on any atom is 0.389 e. The molecule has 0 spiro atoms. The molecule has 1 aliphatic rings. The maximum absolute atomic E-state index is 12.9. The van der Waals surface area contributed by atoms with Crippen LogP contribution in [0.3, 0.4) is 0 Å². The van der Waals surface area contributed by atoms with Crippen LogP contribution in [0.1, 0.15) is 62.0 Å². The monoisotopic (exact) mass is 549 g/mol. The molecule has 7 nitrogen and oxygen atoms in total. The quantitative estimate of drug-likeness (QED) is 0.462. The average molecular weight is 550 g/mol.